The van der Waals surface area contributed by atoms with Gasteiger partial charge >= 0.3 is 0 Å². The molecule has 33 heavy (non-hydrogen) atoms. The van der Waals surface area contributed by atoms with E-state index in [9.17, 15) is 14.4 Å². The maximum Gasteiger partial charge on any atom is 0.255 e. The molecule has 0 radical (unpaired) electrons. The number of carbonyl (C=O) groups is 3. The van der Waals surface area contributed by atoms with Crippen LogP contribution in [0.15, 0.2) is 18.2 Å². The van der Waals surface area contributed by atoms with Crippen LogP contribution in [0.5, 0.6) is 0 Å². The standard InChI is InChI=1S/C25H35N5O3/c26-14-18-3-1-2-4-21(18)29-11-9-28(10-12-29)15-17-5-6-19-16-30(25(33)20(19)13-17)22-7-8-23(31)27-24(22)32/h5-6,13,18,21-22H,1-4,7-12,14-16,26H2,(H,27,31,32)/t18-,21+,22?/m0/s1. The van der Waals surface area contributed by atoms with Crippen LogP contribution in [0, 0.1) is 5.92 Å². The maximum absolute atomic E-state index is 13.1. The predicted octanol–water partition coefficient (Wildman–Crippen LogP) is 1.08. The van der Waals surface area contributed by atoms with Gasteiger partial charge in [-0.25, -0.2) is 0 Å². The molecular formula is C25H35N5O3. The zero-order valence-electron chi connectivity index (χ0n) is 19.3. The summed E-state index contributed by atoms with van der Waals surface area (Å²) in [4.78, 5) is 43.5. The van der Waals surface area contributed by atoms with Gasteiger partial charge in [-0.05, 0) is 48.9 Å². The van der Waals surface area contributed by atoms with Crippen molar-refractivity contribution in [1.29, 1.82) is 0 Å². The average molecular weight is 454 g/mol. The first kappa shape index (κ1) is 22.5. The van der Waals surface area contributed by atoms with Gasteiger partial charge in [-0.3, -0.25) is 29.5 Å². The highest BCUT2D eigenvalue weighted by molar-refractivity contribution is 6.05. The highest BCUT2D eigenvalue weighted by Crippen LogP contribution is 2.30. The van der Waals surface area contributed by atoms with Crippen molar-refractivity contribution in [2.24, 2.45) is 11.7 Å². The van der Waals surface area contributed by atoms with Crippen molar-refractivity contribution in [2.75, 3.05) is 32.7 Å². The highest BCUT2D eigenvalue weighted by atomic mass is 16.2. The van der Waals surface area contributed by atoms with Gasteiger partial charge < -0.3 is 10.6 Å². The predicted molar refractivity (Wildman–Crippen MR) is 124 cm³/mol. The molecule has 8 nitrogen and oxygen atoms in total. The number of piperidine rings is 1. The number of hydrogen-bond acceptors (Lipinski definition) is 6. The molecule has 1 aliphatic carbocycles. The maximum atomic E-state index is 13.1. The minimum absolute atomic E-state index is 0.101. The number of fused-ring (bicyclic) bond motifs is 1. The van der Waals surface area contributed by atoms with Crippen LogP contribution in [0.2, 0.25) is 0 Å². The lowest BCUT2D eigenvalue weighted by Crippen LogP contribution is -2.53. The van der Waals surface area contributed by atoms with Gasteiger partial charge in [0.2, 0.25) is 11.8 Å². The number of piperazine rings is 1. The monoisotopic (exact) mass is 453 g/mol. The summed E-state index contributed by atoms with van der Waals surface area (Å²) in [6.45, 7) is 6.27. The molecule has 8 heteroatoms. The van der Waals surface area contributed by atoms with Gasteiger partial charge in [0, 0.05) is 57.3 Å². The number of benzene rings is 1. The van der Waals surface area contributed by atoms with Gasteiger partial charge in [0.15, 0.2) is 0 Å². The van der Waals surface area contributed by atoms with Crippen molar-refractivity contribution in [3.8, 4) is 0 Å². The van der Waals surface area contributed by atoms with Crippen LogP contribution >= 0.6 is 0 Å². The lowest BCUT2D eigenvalue weighted by atomic mass is 9.83. The van der Waals surface area contributed by atoms with Crippen LogP contribution in [0.4, 0.5) is 0 Å². The fourth-order valence-corrected chi connectivity index (χ4v) is 6.16. The largest absolute Gasteiger partial charge is 0.330 e. The Morgan fingerprint density at radius 1 is 1.00 bits per heavy atom. The molecule has 0 aromatic heterocycles. The van der Waals surface area contributed by atoms with Crippen LogP contribution in [-0.2, 0) is 22.7 Å². The van der Waals surface area contributed by atoms with E-state index in [4.69, 9.17) is 5.73 Å². The highest BCUT2D eigenvalue weighted by Gasteiger charge is 2.39. The third-order valence-corrected chi connectivity index (χ3v) is 8.05. The van der Waals surface area contributed by atoms with Crippen LogP contribution < -0.4 is 11.1 Å². The van der Waals surface area contributed by atoms with Crippen LogP contribution in [-0.4, -0.2) is 77.2 Å². The van der Waals surface area contributed by atoms with Crippen molar-refractivity contribution in [3.63, 3.8) is 0 Å². The van der Waals surface area contributed by atoms with Crippen molar-refractivity contribution >= 4 is 17.7 Å². The summed E-state index contributed by atoms with van der Waals surface area (Å²) in [7, 11) is 0. The second-order valence-corrected chi connectivity index (χ2v) is 10.1. The first-order valence-electron chi connectivity index (χ1n) is 12.5. The number of nitrogens with zero attached hydrogens (tertiary/aromatic N) is 3. The van der Waals surface area contributed by atoms with Crippen LogP contribution in [0.25, 0.3) is 0 Å². The van der Waals surface area contributed by atoms with Gasteiger partial charge in [0.05, 0.1) is 0 Å². The summed E-state index contributed by atoms with van der Waals surface area (Å²) in [5, 5.41) is 2.36. The van der Waals surface area contributed by atoms with E-state index in [1.165, 1.54) is 25.7 Å². The fraction of sp³-hybridized carbons (Fsp3) is 0.640. The molecule has 3 atom stereocenters. The van der Waals surface area contributed by atoms with Crippen molar-refractivity contribution in [2.45, 2.75) is 63.7 Å². The van der Waals surface area contributed by atoms with Crippen molar-refractivity contribution in [3.05, 3.63) is 34.9 Å². The molecule has 0 bridgehead atoms. The van der Waals surface area contributed by atoms with Gasteiger partial charge in [-0.1, -0.05) is 25.0 Å². The molecule has 3 heterocycles. The molecule has 4 aliphatic rings. The molecule has 5 rings (SSSR count). The molecule has 3 amide bonds. The number of nitrogens with two attached hydrogens (primary N) is 1. The molecule has 2 saturated heterocycles. The molecule has 1 unspecified atom stereocenters. The van der Waals surface area contributed by atoms with Crippen molar-refractivity contribution < 1.29 is 14.4 Å². The smallest absolute Gasteiger partial charge is 0.255 e. The Balaban J connectivity index is 1.19. The van der Waals surface area contributed by atoms with E-state index in [-0.39, 0.29) is 24.1 Å². The van der Waals surface area contributed by atoms with Gasteiger partial charge in [0.1, 0.15) is 6.04 Å². The molecule has 1 saturated carbocycles. The topological polar surface area (TPSA) is 99.0 Å². The van der Waals surface area contributed by atoms with E-state index in [0.717, 1.165) is 50.4 Å². The van der Waals surface area contributed by atoms with Crippen LogP contribution in [0.1, 0.15) is 60.0 Å². The van der Waals surface area contributed by atoms with Gasteiger partial charge in [-0.2, -0.15) is 0 Å². The molecule has 3 fully saturated rings. The molecule has 0 spiro atoms. The zero-order valence-corrected chi connectivity index (χ0v) is 19.3. The Bertz CT molecular complexity index is 927. The number of hydrogen-bond donors (Lipinski definition) is 2. The van der Waals surface area contributed by atoms with Gasteiger partial charge in [0.25, 0.3) is 5.91 Å². The Kier molecular flexibility index (Phi) is 6.49. The lowest BCUT2D eigenvalue weighted by Gasteiger charge is -2.44. The summed E-state index contributed by atoms with van der Waals surface area (Å²) >= 11 is 0. The summed E-state index contributed by atoms with van der Waals surface area (Å²) in [6, 6.07) is 6.22. The minimum atomic E-state index is -0.559. The Labute approximate surface area is 195 Å². The first-order chi connectivity index (χ1) is 16.0. The number of nitrogens with one attached hydrogen (secondary N) is 1. The molecule has 1 aromatic carbocycles. The summed E-state index contributed by atoms with van der Waals surface area (Å²) in [5.41, 5.74) is 8.85. The number of carbonyl (C=O) groups excluding carboxylic acids is 3. The molecule has 3 N–H and O–H groups in total. The van der Waals surface area contributed by atoms with E-state index in [1.54, 1.807) is 4.90 Å². The molecule has 3 aliphatic heterocycles. The summed E-state index contributed by atoms with van der Waals surface area (Å²) < 4.78 is 0. The molecule has 178 valence electrons. The lowest BCUT2D eigenvalue weighted by molar-refractivity contribution is -0.136. The Hall–Kier alpha value is -2.29. The molecule has 1 aromatic rings. The van der Waals surface area contributed by atoms with E-state index in [0.29, 0.717) is 30.5 Å². The normalized spacial score (nSPS) is 29.3. The SMILES string of the molecule is NC[C@@H]1CCCC[C@H]1N1CCN(Cc2ccc3c(c2)C(=O)N(C2CCC(=O)NC2=O)C3)CC1. The Morgan fingerprint density at radius 2 is 1.79 bits per heavy atom. The van der Waals surface area contributed by atoms with Gasteiger partial charge in [-0.15, -0.1) is 0 Å². The van der Waals surface area contributed by atoms with E-state index in [1.807, 2.05) is 12.1 Å². The number of rotatable bonds is 5. The third-order valence-electron chi connectivity index (χ3n) is 8.05. The average Bonchev–Trinajstić information content (AvgIpc) is 3.15. The second kappa shape index (κ2) is 9.52. The van der Waals surface area contributed by atoms with E-state index in [2.05, 4.69) is 21.2 Å². The first-order valence-corrected chi connectivity index (χ1v) is 12.5. The Morgan fingerprint density at radius 3 is 2.55 bits per heavy atom. The third kappa shape index (κ3) is 4.56. The zero-order chi connectivity index (χ0) is 22.9. The quantitative estimate of drug-likeness (QED) is 0.648. The van der Waals surface area contributed by atoms with Crippen molar-refractivity contribution in [1.82, 2.24) is 20.0 Å². The number of imide groups is 1. The second-order valence-electron chi connectivity index (χ2n) is 10.1. The minimum Gasteiger partial charge on any atom is -0.330 e. The molecular weight excluding hydrogens is 418 g/mol. The van der Waals surface area contributed by atoms with Crippen LogP contribution in [0.3, 0.4) is 0 Å². The summed E-state index contributed by atoms with van der Waals surface area (Å²) in [5.74, 6) is -0.0817. The van der Waals surface area contributed by atoms with E-state index < -0.39 is 6.04 Å². The fourth-order valence-electron chi connectivity index (χ4n) is 6.16. The number of amides is 3. The van der Waals surface area contributed by atoms with E-state index >= 15 is 0 Å². The summed E-state index contributed by atoms with van der Waals surface area (Å²) in [6.07, 6.45) is 5.85.